The molecule has 0 saturated heterocycles. The number of aromatic nitrogens is 3. The molecule has 1 aromatic heterocycles. The fourth-order valence-electron chi connectivity index (χ4n) is 2.08. The average Bonchev–Trinajstić information content (AvgIpc) is 3.13. The highest BCUT2D eigenvalue weighted by atomic mass is 16.5. The van der Waals surface area contributed by atoms with Crippen LogP contribution in [0.3, 0.4) is 0 Å². The van der Waals surface area contributed by atoms with E-state index < -0.39 is 0 Å². The largest absolute Gasteiger partial charge is 0.497 e. The molecule has 5 heteroatoms. The SMILES string of the molecule is COc1ccc(-c2nc(C3CC3)n(C)n2)c(N)c1. The van der Waals surface area contributed by atoms with Crippen LogP contribution in [0.15, 0.2) is 18.2 Å². The molecular weight excluding hydrogens is 228 g/mol. The first-order valence-electron chi connectivity index (χ1n) is 6.04. The summed E-state index contributed by atoms with van der Waals surface area (Å²) in [6, 6.07) is 5.57. The molecule has 0 aliphatic heterocycles. The van der Waals surface area contributed by atoms with Crippen molar-refractivity contribution in [2.45, 2.75) is 18.8 Å². The highest BCUT2D eigenvalue weighted by Crippen LogP contribution is 2.39. The molecule has 0 amide bonds. The molecule has 2 aromatic rings. The van der Waals surface area contributed by atoms with Gasteiger partial charge in [-0.25, -0.2) is 4.98 Å². The van der Waals surface area contributed by atoms with Crippen molar-refractivity contribution in [1.29, 1.82) is 0 Å². The third-order valence-corrected chi connectivity index (χ3v) is 3.24. The van der Waals surface area contributed by atoms with Gasteiger partial charge in [0.05, 0.1) is 7.11 Å². The van der Waals surface area contributed by atoms with E-state index in [2.05, 4.69) is 10.1 Å². The van der Waals surface area contributed by atoms with Crippen LogP contribution in [0.4, 0.5) is 5.69 Å². The van der Waals surface area contributed by atoms with Gasteiger partial charge in [0.1, 0.15) is 11.6 Å². The second-order valence-corrected chi connectivity index (χ2v) is 4.64. The van der Waals surface area contributed by atoms with Gasteiger partial charge in [-0.1, -0.05) is 0 Å². The molecule has 5 nitrogen and oxygen atoms in total. The lowest BCUT2D eigenvalue weighted by Crippen LogP contribution is -1.96. The number of methoxy groups -OCH3 is 1. The maximum Gasteiger partial charge on any atom is 0.183 e. The Balaban J connectivity index is 2.01. The van der Waals surface area contributed by atoms with Crippen molar-refractivity contribution in [3.8, 4) is 17.1 Å². The van der Waals surface area contributed by atoms with Gasteiger partial charge in [0.25, 0.3) is 0 Å². The molecule has 2 N–H and O–H groups in total. The van der Waals surface area contributed by atoms with Crippen LogP contribution in [0.1, 0.15) is 24.6 Å². The van der Waals surface area contributed by atoms with E-state index in [-0.39, 0.29) is 0 Å². The molecule has 0 spiro atoms. The lowest BCUT2D eigenvalue weighted by Gasteiger charge is -2.04. The zero-order valence-corrected chi connectivity index (χ0v) is 10.6. The van der Waals surface area contributed by atoms with Gasteiger partial charge in [0, 0.05) is 30.3 Å². The summed E-state index contributed by atoms with van der Waals surface area (Å²) in [6.45, 7) is 0. The van der Waals surface area contributed by atoms with E-state index in [0.717, 1.165) is 17.1 Å². The minimum Gasteiger partial charge on any atom is -0.497 e. The standard InChI is InChI=1S/C13H16N4O/c1-17-13(8-3-4-8)15-12(16-17)10-6-5-9(18-2)7-11(10)14/h5-8H,3-4,14H2,1-2H3. The molecule has 1 aliphatic carbocycles. The Kier molecular flexibility index (Phi) is 2.47. The van der Waals surface area contributed by atoms with Gasteiger partial charge in [-0.2, -0.15) is 5.10 Å². The maximum absolute atomic E-state index is 6.01. The van der Waals surface area contributed by atoms with Crippen LogP contribution in [0.25, 0.3) is 11.4 Å². The lowest BCUT2D eigenvalue weighted by atomic mass is 10.1. The van der Waals surface area contributed by atoms with Gasteiger partial charge in [0.15, 0.2) is 5.82 Å². The van der Waals surface area contributed by atoms with Gasteiger partial charge in [-0.15, -0.1) is 0 Å². The number of nitrogen functional groups attached to an aromatic ring is 1. The smallest absolute Gasteiger partial charge is 0.183 e. The van der Waals surface area contributed by atoms with Crippen molar-refractivity contribution in [2.75, 3.05) is 12.8 Å². The van der Waals surface area contributed by atoms with Crippen LogP contribution >= 0.6 is 0 Å². The van der Waals surface area contributed by atoms with Gasteiger partial charge in [-0.3, -0.25) is 4.68 Å². The predicted octanol–water partition coefficient (Wildman–Crippen LogP) is 1.95. The Hall–Kier alpha value is -2.04. The maximum atomic E-state index is 6.01. The molecule has 1 aromatic carbocycles. The van der Waals surface area contributed by atoms with Crippen LogP contribution in [0, 0.1) is 0 Å². The Labute approximate surface area is 106 Å². The Morgan fingerprint density at radius 2 is 2.17 bits per heavy atom. The van der Waals surface area contributed by atoms with Gasteiger partial charge in [-0.05, 0) is 25.0 Å². The van der Waals surface area contributed by atoms with Crippen LogP contribution in [-0.2, 0) is 7.05 Å². The number of nitrogens with two attached hydrogens (primary N) is 1. The highest BCUT2D eigenvalue weighted by molar-refractivity contribution is 5.72. The van der Waals surface area contributed by atoms with E-state index in [1.165, 1.54) is 12.8 Å². The van der Waals surface area contributed by atoms with E-state index in [9.17, 15) is 0 Å². The average molecular weight is 244 g/mol. The minimum absolute atomic E-state index is 0.579. The monoisotopic (exact) mass is 244 g/mol. The molecule has 94 valence electrons. The van der Waals surface area contributed by atoms with Crippen molar-refractivity contribution in [3.05, 3.63) is 24.0 Å². The van der Waals surface area contributed by atoms with Gasteiger partial charge >= 0.3 is 0 Å². The molecule has 18 heavy (non-hydrogen) atoms. The van der Waals surface area contributed by atoms with E-state index in [1.54, 1.807) is 13.2 Å². The summed E-state index contributed by atoms with van der Waals surface area (Å²) in [7, 11) is 3.56. The molecule has 3 rings (SSSR count). The number of anilines is 1. The summed E-state index contributed by atoms with van der Waals surface area (Å²) >= 11 is 0. The third-order valence-electron chi connectivity index (χ3n) is 3.24. The van der Waals surface area contributed by atoms with Gasteiger partial charge < -0.3 is 10.5 Å². The van der Waals surface area contributed by atoms with Crippen LogP contribution in [0.5, 0.6) is 5.75 Å². The first kappa shape index (κ1) is 11.1. The Morgan fingerprint density at radius 1 is 1.39 bits per heavy atom. The van der Waals surface area contributed by atoms with Crippen molar-refractivity contribution in [3.63, 3.8) is 0 Å². The molecule has 1 heterocycles. The summed E-state index contributed by atoms with van der Waals surface area (Å²) < 4.78 is 6.99. The molecule has 0 atom stereocenters. The van der Waals surface area contributed by atoms with Crippen LogP contribution < -0.4 is 10.5 Å². The number of hydrogen-bond acceptors (Lipinski definition) is 4. The Morgan fingerprint density at radius 3 is 2.78 bits per heavy atom. The van der Waals surface area contributed by atoms with E-state index >= 15 is 0 Å². The zero-order chi connectivity index (χ0) is 12.7. The summed E-state index contributed by atoms with van der Waals surface area (Å²) in [5, 5.41) is 4.44. The quantitative estimate of drug-likeness (QED) is 0.838. The molecule has 1 aliphatic rings. The number of hydrogen-bond donors (Lipinski definition) is 1. The van der Waals surface area contributed by atoms with Crippen molar-refractivity contribution in [1.82, 2.24) is 14.8 Å². The second kappa shape index (κ2) is 4.01. The molecule has 1 saturated carbocycles. The second-order valence-electron chi connectivity index (χ2n) is 4.64. The summed E-state index contributed by atoms with van der Waals surface area (Å²) in [5.41, 5.74) is 7.51. The topological polar surface area (TPSA) is 66.0 Å². The first-order chi connectivity index (χ1) is 8.69. The van der Waals surface area contributed by atoms with Gasteiger partial charge in [0.2, 0.25) is 0 Å². The molecule has 0 bridgehead atoms. The van der Waals surface area contributed by atoms with E-state index in [1.807, 2.05) is 23.9 Å². The van der Waals surface area contributed by atoms with E-state index in [4.69, 9.17) is 10.5 Å². The fraction of sp³-hybridized carbons (Fsp3) is 0.385. The molecule has 1 fully saturated rings. The Bertz CT molecular complexity index is 587. The fourth-order valence-corrected chi connectivity index (χ4v) is 2.08. The van der Waals surface area contributed by atoms with Crippen molar-refractivity contribution < 1.29 is 4.74 Å². The number of ether oxygens (including phenoxy) is 1. The summed E-state index contributed by atoms with van der Waals surface area (Å²) in [4.78, 5) is 4.59. The number of benzene rings is 1. The minimum atomic E-state index is 0.579. The van der Waals surface area contributed by atoms with Crippen LogP contribution in [-0.4, -0.2) is 21.9 Å². The summed E-state index contributed by atoms with van der Waals surface area (Å²) in [6.07, 6.45) is 2.42. The predicted molar refractivity (Wildman–Crippen MR) is 69.4 cm³/mol. The lowest BCUT2D eigenvalue weighted by molar-refractivity contribution is 0.415. The summed E-state index contributed by atoms with van der Waals surface area (Å²) in [5.74, 6) is 3.07. The first-order valence-corrected chi connectivity index (χ1v) is 6.04. The normalized spacial score (nSPS) is 14.8. The number of aryl methyl sites for hydroxylation is 1. The van der Waals surface area contributed by atoms with Crippen molar-refractivity contribution >= 4 is 5.69 Å². The van der Waals surface area contributed by atoms with E-state index in [0.29, 0.717) is 17.4 Å². The number of rotatable bonds is 3. The third kappa shape index (κ3) is 1.81. The van der Waals surface area contributed by atoms with Crippen LogP contribution in [0.2, 0.25) is 0 Å². The van der Waals surface area contributed by atoms with Crippen molar-refractivity contribution in [2.24, 2.45) is 7.05 Å². The molecular formula is C13H16N4O. The molecule has 0 unspecified atom stereocenters. The zero-order valence-electron chi connectivity index (χ0n) is 10.6. The number of nitrogens with zero attached hydrogens (tertiary/aromatic N) is 3. The molecule has 0 radical (unpaired) electrons. The highest BCUT2D eigenvalue weighted by Gasteiger charge is 2.29.